The summed E-state index contributed by atoms with van der Waals surface area (Å²) in [7, 11) is 3.28. The number of nitrogens with one attached hydrogen (secondary N) is 1. The third-order valence-corrected chi connectivity index (χ3v) is 4.61. The van der Waals surface area contributed by atoms with E-state index in [4.69, 9.17) is 32.7 Å². The van der Waals surface area contributed by atoms with Crippen LogP contribution in [-0.2, 0) is 6.42 Å². The zero-order valence-electron chi connectivity index (χ0n) is 14.4. The van der Waals surface area contributed by atoms with Crippen LogP contribution in [0.4, 0.5) is 0 Å². The predicted molar refractivity (Wildman–Crippen MR) is 106 cm³/mol. The van der Waals surface area contributed by atoms with E-state index in [-0.39, 0.29) is 0 Å². The maximum Gasteiger partial charge on any atom is 0.122 e. The second-order valence-electron chi connectivity index (χ2n) is 5.66. The summed E-state index contributed by atoms with van der Waals surface area (Å²) in [6.45, 7) is 0. The topological polar surface area (TPSA) is 47.1 Å². The first-order valence-electron chi connectivity index (χ1n) is 7.98. The number of nitrogens with zero attached hydrogens (tertiary/aromatic N) is 1. The minimum Gasteiger partial charge on any atom is -0.497 e. The highest BCUT2D eigenvalue weighted by Crippen LogP contribution is 2.28. The maximum atomic E-state index is 6.07. The number of methoxy groups -OCH3 is 2. The maximum absolute atomic E-state index is 6.07. The number of halogens is 2. The van der Waals surface area contributed by atoms with Crippen molar-refractivity contribution < 1.29 is 9.47 Å². The Kier molecular flexibility index (Phi) is 5.86. The van der Waals surface area contributed by atoms with E-state index in [2.05, 4.69) is 16.3 Å². The molecule has 0 aliphatic rings. The molecule has 0 spiro atoms. The van der Waals surface area contributed by atoms with Crippen LogP contribution in [0.5, 0.6) is 11.5 Å². The van der Waals surface area contributed by atoms with Crippen LogP contribution in [-0.4, -0.2) is 24.4 Å². The molecular formula is C20H18Cl2N2O2. The van der Waals surface area contributed by atoms with Crippen LogP contribution < -0.4 is 9.47 Å². The average Bonchev–Trinajstić information content (AvgIpc) is 3.12. The first kappa shape index (κ1) is 18.4. The molecular weight excluding hydrogens is 371 g/mol. The Morgan fingerprint density at radius 2 is 1.69 bits per heavy atom. The van der Waals surface area contributed by atoms with Gasteiger partial charge in [-0.15, -0.1) is 0 Å². The molecule has 0 aliphatic carbocycles. The summed E-state index contributed by atoms with van der Waals surface area (Å²) >= 11 is 12.0. The minimum absolute atomic E-state index is 0.510. The van der Waals surface area contributed by atoms with Gasteiger partial charge in [0.2, 0.25) is 0 Å². The van der Waals surface area contributed by atoms with Crippen LogP contribution in [0, 0.1) is 0 Å². The van der Waals surface area contributed by atoms with Crippen molar-refractivity contribution in [3.63, 3.8) is 0 Å². The Hall–Kier alpha value is -2.43. The van der Waals surface area contributed by atoms with Gasteiger partial charge in [-0.2, -0.15) is 5.10 Å². The number of aromatic amines is 1. The third kappa shape index (κ3) is 4.40. The van der Waals surface area contributed by atoms with Crippen molar-refractivity contribution in [2.45, 2.75) is 6.42 Å². The molecule has 134 valence electrons. The van der Waals surface area contributed by atoms with E-state index in [0.717, 1.165) is 40.4 Å². The SMILES string of the molecule is COc1cc(CC=Cc2cc(-c3ccc(Cl)c(Cl)c3)n[nH]2)cc(OC)c1. The van der Waals surface area contributed by atoms with Crippen molar-refractivity contribution in [3.05, 3.63) is 69.8 Å². The van der Waals surface area contributed by atoms with Gasteiger partial charge in [-0.3, -0.25) is 5.10 Å². The Balaban J connectivity index is 1.72. The molecule has 26 heavy (non-hydrogen) atoms. The monoisotopic (exact) mass is 388 g/mol. The van der Waals surface area contributed by atoms with E-state index in [1.807, 2.05) is 36.4 Å². The molecule has 0 saturated carbocycles. The van der Waals surface area contributed by atoms with Gasteiger partial charge in [0.1, 0.15) is 11.5 Å². The van der Waals surface area contributed by atoms with E-state index in [1.165, 1.54) is 0 Å². The van der Waals surface area contributed by atoms with Crippen LogP contribution in [0.2, 0.25) is 10.0 Å². The summed E-state index contributed by atoms with van der Waals surface area (Å²) in [6.07, 6.45) is 4.79. The Labute approximate surface area is 162 Å². The van der Waals surface area contributed by atoms with Gasteiger partial charge in [0.15, 0.2) is 0 Å². The summed E-state index contributed by atoms with van der Waals surface area (Å²) in [4.78, 5) is 0. The first-order chi connectivity index (χ1) is 12.6. The van der Waals surface area contributed by atoms with Crippen LogP contribution >= 0.6 is 23.2 Å². The van der Waals surface area contributed by atoms with E-state index < -0.39 is 0 Å². The normalized spacial score (nSPS) is 11.1. The van der Waals surface area contributed by atoms with Crippen LogP contribution in [0.3, 0.4) is 0 Å². The number of H-pyrrole nitrogens is 1. The average molecular weight is 389 g/mol. The van der Waals surface area contributed by atoms with E-state index in [1.54, 1.807) is 26.4 Å². The Morgan fingerprint density at radius 3 is 2.35 bits per heavy atom. The number of rotatable bonds is 6. The molecule has 1 N–H and O–H groups in total. The van der Waals surface area contributed by atoms with Crippen molar-refractivity contribution >= 4 is 29.3 Å². The van der Waals surface area contributed by atoms with Crippen molar-refractivity contribution in [1.29, 1.82) is 0 Å². The number of ether oxygens (including phenoxy) is 2. The highest BCUT2D eigenvalue weighted by molar-refractivity contribution is 6.42. The molecule has 0 fully saturated rings. The Morgan fingerprint density at radius 1 is 0.962 bits per heavy atom. The third-order valence-electron chi connectivity index (χ3n) is 3.88. The van der Waals surface area contributed by atoms with Crippen LogP contribution in [0.1, 0.15) is 11.3 Å². The van der Waals surface area contributed by atoms with Gasteiger partial charge in [-0.25, -0.2) is 0 Å². The molecule has 4 nitrogen and oxygen atoms in total. The molecule has 0 bridgehead atoms. The molecule has 1 aromatic heterocycles. The predicted octanol–water partition coefficient (Wildman–Crippen LogP) is 5.66. The van der Waals surface area contributed by atoms with Gasteiger partial charge in [-0.1, -0.05) is 35.3 Å². The molecule has 0 amide bonds. The smallest absolute Gasteiger partial charge is 0.122 e. The highest BCUT2D eigenvalue weighted by Gasteiger charge is 2.05. The molecule has 0 saturated heterocycles. The first-order valence-corrected chi connectivity index (χ1v) is 8.74. The summed E-state index contributed by atoms with van der Waals surface area (Å²) in [5.74, 6) is 1.55. The van der Waals surface area contributed by atoms with Gasteiger partial charge >= 0.3 is 0 Å². The lowest BCUT2D eigenvalue weighted by Crippen LogP contribution is -1.90. The standard InChI is InChI=1S/C20H18Cl2N2O2/c1-25-16-8-13(9-17(12-16)26-2)4-3-5-15-11-20(24-23-15)14-6-7-18(21)19(22)10-14/h3,5-12H,4H2,1-2H3,(H,23,24). The molecule has 6 heteroatoms. The lowest BCUT2D eigenvalue weighted by molar-refractivity contribution is 0.393. The summed E-state index contributed by atoms with van der Waals surface area (Å²) in [5.41, 5.74) is 3.72. The van der Waals surface area contributed by atoms with Crippen LogP contribution in [0.25, 0.3) is 17.3 Å². The summed E-state index contributed by atoms with van der Waals surface area (Å²) in [5, 5.41) is 8.37. The number of benzene rings is 2. The minimum atomic E-state index is 0.510. The molecule has 0 aliphatic heterocycles. The van der Waals surface area contributed by atoms with E-state index in [0.29, 0.717) is 10.0 Å². The zero-order valence-corrected chi connectivity index (χ0v) is 15.9. The van der Waals surface area contributed by atoms with Crippen molar-refractivity contribution in [1.82, 2.24) is 10.2 Å². The fourth-order valence-electron chi connectivity index (χ4n) is 2.53. The van der Waals surface area contributed by atoms with Gasteiger partial charge in [0.25, 0.3) is 0 Å². The highest BCUT2D eigenvalue weighted by atomic mass is 35.5. The van der Waals surface area contributed by atoms with Gasteiger partial charge < -0.3 is 9.47 Å². The molecule has 1 heterocycles. The largest absolute Gasteiger partial charge is 0.497 e. The number of allylic oxidation sites excluding steroid dienone is 1. The molecule has 2 aromatic carbocycles. The Bertz CT molecular complexity index is 913. The number of hydrogen-bond acceptors (Lipinski definition) is 3. The van der Waals surface area contributed by atoms with Crippen LogP contribution in [0.15, 0.2) is 48.5 Å². The molecule has 0 unspecified atom stereocenters. The van der Waals surface area contributed by atoms with Crippen molar-refractivity contribution in [2.24, 2.45) is 0 Å². The lowest BCUT2D eigenvalue weighted by Gasteiger charge is -2.06. The lowest BCUT2D eigenvalue weighted by atomic mass is 10.1. The quantitative estimate of drug-likeness (QED) is 0.592. The summed E-state index contributed by atoms with van der Waals surface area (Å²) in [6, 6.07) is 13.2. The fourth-order valence-corrected chi connectivity index (χ4v) is 2.83. The second kappa shape index (κ2) is 8.30. The molecule has 0 radical (unpaired) electrons. The molecule has 3 aromatic rings. The van der Waals surface area contributed by atoms with Crippen molar-refractivity contribution in [2.75, 3.05) is 14.2 Å². The molecule has 0 atom stereocenters. The van der Waals surface area contributed by atoms with Gasteiger partial charge in [0.05, 0.1) is 35.7 Å². The summed E-state index contributed by atoms with van der Waals surface area (Å²) < 4.78 is 10.6. The second-order valence-corrected chi connectivity index (χ2v) is 6.48. The van der Waals surface area contributed by atoms with Crippen molar-refractivity contribution in [3.8, 4) is 22.8 Å². The van der Waals surface area contributed by atoms with E-state index >= 15 is 0 Å². The number of hydrogen-bond donors (Lipinski definition) is 1. The van der Waals surface area contributed by atoms with E-state index in [9.17, 15) is 0 Å². The number of aromatic nitrogens is 2. The fraction of sp³-hybridized carbons (Fsp3) is 0.150. The zero-order chi connectivity index (χ0) is 18.5. The molecule has 3 rings (SSSR count). The van der Waals surface area contributed by atoms with Gasteiger partial charge in [0, 0.05) is 11.6 Å². The van der Waals surface area contributed by atoms with Gasteiger partial charge in [-0.05, 0) is 48.4 Å².